The van der Waals surface area contributed by atoms with Crippen molar-refractivity contribution in [2.45, 2.75) is 0 Å². The van der Waals surface area contributed by atoms with Gasteiger partial charge >= 0.3 is 0 Å². The van der Waals surface area contributed by atoms with E-state index in [-0.39, 0.29) is 0 Å². The van der Waals surface area contributed by atoms with Gasteiger partial charge in [0.2, 0.25) is 0 Å². The predicted molar refractivity (Wildman–Crippen MR) is 215 cm³/mol. The molecule has 9 rings (SSSR count). The van der Waals surface area contributed by atoms with Gasteiger partial charge in [-0.1, -0.05) is 188 Å². The maximum atomic E-state index is 2.44. The average molecular weight is 654 g/mol. The highest BCUT2D eigenvalue weighted by Crippen LogP contribution is 2.33. The summed E-state index contributed by atoms with van der Waals surface area (Å²) in [6, 6.07) is 78.0. The van der Waals surface area contributed by atoms with Crippen molar-refractivity contribution in [2.24, 2.45) is 0 Å². The Morgan fingerprint density at radius 3 is 1.14 bits per heavy atom. The summed E-state index contributed by atoms with van der Waals surface area (Å²) in [4.78, 5) is 0. The number of para-hydroxylation sites is 2. The van der Waals surface area contributed by atoms with Gasteiger partial charge in [0.15, 0.2) is 8.07 Å². The fourth-order valence-corrected chi connectivity index (χ4v) is 12.7. The molecule has 0 bridgehead atoms. The third kappa shape index (κ3) is 5.01. The van der Waals surface area contributed by atoms with Crippen molar-refractivity contribution in [1.82, 2.24) is 4.57 Å². The topological polar surface area (TPSA) is 4.93 Å². The Morgan fingerprint density at radius 2 is 0.660 bits per heavy atom. The molecule has 0 amide bonds. The molecule has 0 atom stereocenters. The molecule has 0 N–H and O–H groups in total. The van der Waals surface area contributed by atoms with Crippen molar-refractivity contribution in [3.05, 3.63) is 212 Å². The largest absolute Gasteiger partial charge is 0.309 e. The first-order valence-electron chi connectivity index (χ1n) is 17.3. The van der Waals surface area contributed by atoms with Crippen LogP contribution < -0.4 is 20.7 Å². The van der Waals surface area contributed by atoms with Gasteiger partial charge in [-0.2, -0.15) is 0 Å². The molecule has 0 aliphatic rings. The Bertz CT molecular complexity index is 2400. The van der Waals surface area contributed by atoms with Crippen molar-refractivity contribution in [1.29, 1.82) is 0 Å². The Morgan fingerprint density at radius 1 is 0.280 bits per heavy atom. The van der Waals surface area contributed by atoms with Gasteiger partial charge in [0.25, 0.3) is 0 Å². The van der Waals surface area contributed by atoms with Crippen molar-refractivity contribution in [2.75, 3.05) is 0 Å². The van der Waals surface area contributed by atoms with Crippen molar-refractivity contribution >= 4 is 50.6 Å². The van der Waals surface area contributed by atoms with E-state index in [0.717, 1.165) is 0 Å². The SMILES string of the molecule is c1ccc([Si](c2ccccc2)(c2ccccc2)c2cccc(-c3ccc(-c4ccc(-n5c6ccccc6c6ccccc65)cc4)cc3)c2)cc1. The van der Waals surface area contributed by atoms with E-state index >= 15 is 0 Å². The predicted octanol–water partition coefficient (Wildman–Crippen LogP) is 9.50. The first-order valence-corrected chi connectivity index (χ1v) is 19.3. The Hall–Kier alpha value is -6.22. The number of aromatic nitrogens is 1. The molecule has 1 aromatic heterocycles. The zero-order valence-corrected chi connectivity index (χ0v) is 28.7. The van der Waals surface area contributed by atoms with Crippen molar-refractivity contribution in [3.63, 3.8) is 0 Å². The lowest BCUT2D eigenvalue weighted by Crippen LogP contribution is -2.74. The van der Waals surface area contributed by atoms with Crippen LogP contribution in [0.25, 0.3) is 49.7 Å². The third-order valence-electron chi connectivity index (χ3n) is 10.2. The Kier molecular flexibility index (Phi) is 7.57. The van der Waals surface area contributed by atoms with E-state index in [4.69, 9.17) is 0 Å². The van der Waals surface area contributed by atoms with E-state index in [9.17, 15) is 0 Å². The molecule has 50 heavy (non-hydrogen) atoms. The standard InChI is InChI=1S/C48H35NSi/c1-4-16-41(17-5-1)50(42-18-6-2-7-19-42,43-20-8-3-9-21-43)44-22-14-15-39(35-44)38-29-27-36(28-30-38)37-31-33-40(34-32-37)49-47-25-12-10-23-45(47)46-24-11-13-26-48(46)49/h1-35H. The second kappa shape index (κ2) is 12.7. The summed E-state index contributed by atoms with van der Waals surface area (Å²) >= 11 is 0. The highest BCUT2D eigenvalue weighted by molar-refractivity contribution is 7.19. The summed E-state index contributed by atoms with van der Waals surface area (Å²) in [6.07, 6.45) is 0. The minimum atomic E-state index is -2.59. The van der Waals surface area contributed by atoms with Crippen LogP contribution in [0.4, 0.5) is 0 Å². The average Bonchev–Trinajstić information content (AvgIpc) is 3.54. The fourth-order valence-electron chi connectivity index (χ4n) is 7.86. The fraction of sp³-hybridized carbons (Fsp3) is 0. The van der Waals surface area contributed by atoms with E-state index < -0.39 is 8.07 Å². The van der Waals surface area contributed by atoms with E-state index in [1.165, 1.54) is 70.5 Å². The molecule has 0 fully saturated rings. The van der Waals surface area contributed by atoms with Crippen LogP contribution in [-0.4, -0.2) is 12.6 Å². The highest BCUT2D eigenvalue weighted by Gasteiger charge is 2.41. The summed E-state index contributed by atoms with van der Waals surface area (Å²) in [5, 5.41) is 8.09. The molecule has 0 spiro atoms. The van der Waals surface area contributed by atoms with E-state index in [1.807, 2.05) is 0 Å². The molecule has 0 aliphatic heterocycles. The molecule has 9 aromatic rings. The summed E-state index contributed by atoms with van der Waals surface area (Å²) < 4.78 is 2.37. The molecule has 0 aliphatic carbocycles. The minimum absolute atomic E-state index is 1.17. The van der Waals surface area contributed by atoms with Crippen molar-refractivity contribution in [3.8, 4) is 27.9 Å². The van der Waals surface area contributed by atoms with Crippen LogP contribution in [0, 0.1) is 0 Å². The summed E-state index contributed by atoms with van der Waals surface area (Å²) in [5.74, 6) is 0. The van der Waals surface area contributed by atoms with Gasteiger partial charge in [0.05, 0.1) is 11.0 Å². The van der Waals surface area contributed by atoms with Crippen molar-refractivity contribution < 1.29 is 0 Å². The molecule has 1 heterocycles. The van der Waals surface area contributed by atoms with E-state index in [0.29, 0.717) is 0 Å². The molecule has 0 radical (unpaired) electrons. The van der Waals surface area contributed by atoms with E-state index in [2.05, 4.69) is 217 Å². The first kappa shape index (κ1) is 29.9. The highest BCUT2D eigenvalue weighted by atomic mass is 28.3. The molecule has 2 heteroatoms. The molecular weight excluding hydrogens is 619 g/mol. The Balaban J connectivity index is 1.09. The second-order valence-corrected chi connectivity index (χ2v) is 16.7. The summed E-state index contributed by atoms with van der Waals surface area (Å²) in [7, 11) is -2.59. The van der Waals surface area contributed by atoms with Gasteiger partial charge in [-0.05, 0) is 67.3 Å². The lowest BCUT2D eigenvalue weighted by Gasteiger charge is -2.34. The van der Waals surface area contributed by atoms with Crippen LogP contribution in [0.15, 0.2) is 212 Å². The smallest absolute Gasteiger partial charge is 0.179 e. The molecule has 236 valence electrons. The van der Waals surface area contributed by atoms with Crippen LogP contribution in [0.1, 0.15) is 0 Å². The number of nitrogens with zero attached hydrogens (tertiary/aromatic N) is 1. The van der Waals surface area contributed by atoms with E-state index in [1.54, 1.807) is 0 Å². The number of benzene rings is 8. The van der Waals surface area contributed by atoms with Crippen LogP contribution >= 0.6 is 0 Å². The summed E-state index contributed by atoms with van der Waals surface area (Å²) in [5.41, 5.74) is 8.49. The molecular formula is C48H35NSi. The zero-order chi connectivity index (χ0) is 33.3. The maximum absolute atomic E-state index is 2.59. The zero-order valence-electron chi connectivity index (χ0n) is 27.7. The van der Waals surface area contributed by atoms with Gasteiger partial charge in [0.1, 0.15) is 0 Å². The van der Waals surface area contributed by atoms with Gasteiger partial charge < -0.3 is 4.57 Å². The third-order valence-corrected chi connectivity index (χ3v) is 14.9. The molecule has 1 nitrogen and oxygen atoms in total. The maximum Gasteiger partial charge on any atom is 0.179 e. The lowest BCUT2D eigenvalue weighted by molar-refractivity contribution is 1.18. The van der Waals surface area contributed by atoms with Crippen LogP contribution in [0.2, 0.25) is 0 Å². The van der Waals surface area contributed by atoms with Crippen LogP contribution in [0.5, 0.6) is 0 Å². The van der Waals surface area contributed by atoms with Crippen LogP contribution in [0.3, 0.4) is 0 Å². The number of rotatable bonds is 7. The quantitative estimate of drug-likeness (QED) is 0.119. The van der Waals surface area contributed by atoms with Gasteiger partial charge in [0, 0.05) is 16.5 Å². The molecule has 0 saturated heterocycles. The molecule has 0 unspecified atom stereocenters. The number of fused-ring (bicyclic) bond motifs is 3. The van der Waals surface area contributed by atoms with Crippen LogP contribution in [-0.2, 0) is 0 Å². The van der Waals surface area contributed by atoms with Gasteiger partial charge in [-0.15, -0.1) is 0 Å². The number of hydrogen-bond donors (Lipinski definition) is 0. The molecule has 0 saturated carbocycles. The summed E-state index contributed by atoms with van der Waals surface area (Å²) in [6.45, 7) is 0. The minimum Gasteiger partial charge on any atom is -0.309 e. The normalized spacial score (nSPS) is 11.6. The van der Waals surface area contributed by atoms with Gasteiger partial charge in [-0.3, -0.25) is 0 Å². The first-order chi connectivity index (χ1) is 24.8. The molecule has 8 aromatic carbocycles. The monoisotopic (exact) mass is 653 g/mol. The number of hydrogen-bond acceptors (Lipinski definition) is 0. The second-order valence-electron chi connectivity index (χ2n) is 12.9. The Labute approximate surface area is 294 Å². The lowest BCUT2D eigenvalue weighted by atomic mass is 10.00. The van der Waals surface area contributed by atoms with Gasteiger partial charge in [-0.25, -0.2) is 0 Å².